The van der Waals surface area contributed by atoms with Crippen LogP contribution in [0.3, 0.4) is 0 Å². The second-order valence-electron chi connectivity index (χ2n) is 22.3. The van der Waals surface area contributed by atoms with Crippen molar-refractivity contribution in [2.75, 3.05) is 13.7 Å². The molecule has 0 saturated carbocycles. The van der Waals surface area contributed by atoms with Gasteiger partial charge in [-0.3, -0.25) is 38.9 Å². The Kier molecular flexibility index (Phi) is 18.4. The van der Waals surface area contributed by atoms with Crippen LogP contribution in [-0.4, -0.2) is 171 Å². The summed E-state index contributed by atoms with van der Waals surface area (Å²) in [6, 6.07) is 0.103. The van der Waals surface area contributed by atoms with E-state index in [4.69, 9.17) is 54.8 Å². The number of aromatic hydroxyl groups is 1. The monoisotopic (exact) mass is 1410 g/mol. The molecule has 7 amide bonds. The molecule has 0 spiro atoms. The van der Waals surface area contributed by atoms with E-state index in [1.165, 1.54) is 73.0 Å². The van der Waals surface area contributed by atoms with E-state index < -0.39 is 145 Å². The van der Waals surface area contributed by atoms with Crippen LogP contribution in [-0.2, 0) is 60.8 Å². The minimum atomic E-state index is -1.95. The summed E-state index contributed by atoms with van der Waals surface area (Å²) in [6.07, 6.45) is -7.91. The predicted molar refractivity (Wildman–Crippen MR) is 336 cm³/mol. The van der Waals surface area contributed by atoms with Crippen LogP contribution in [0.2, 0.25) is 0 Å². The number of methoxy groups -OCH3 is 1. The first-order valence-corrected chi connectivity index (χ1v) is 33.1. The van der Waals surface area contributed by atoms with E-state index in [-0.39, 0.29) is 110 Å². The Morgan fingerprint density at radius 1 is 0.833 bits per heavy atom. The van der Waals surface area contributed by atoms with Gasteiger partial charge in [0.05, 0.1) is 43.1 Å². The van der Waals surface area contributed by atoms with Crippen LogP contribution in [0.1, 0.15) is 125 Å². The van der Waals surface area contributed by atoms with Crippen molar-refractivity contribution in [2.24, 2.45) is 11.5 Å². The fourth-order valence-corrected chi connectivity index (χ4v) is 14.9. The fraction of sp³-hybridized carbons (Fsp3) is 0.328. The Bertz CT molecular complexity index is 4550. The van der Waals surface area contributed by atoms with Crippen molar-refractivity contribution >= 4 is 127 Å². The molecule has 0 unspecified atom stereocenters. The van der Waals surface area contributed by atoms with Gasteiger partial charge in [-0.1, -0.05) is 12.1 Å². The predicted octanol–water partition coefficient (Wildman–Crippen LogP) is 2.30. The molecule has 96 heavy (non-hydrogen) atoms. The minimum Gasteiger partial charge on any atom is -0.506 e. The molecule has 8 aromatic rings. The normalized spacial score (nSPS) is 24.2. The Hall–Kier alpha value is -9.61. The van der Waals surface area contributed by atoms with Gasteiger partial charge < -0.3 is 81.7 Å². The third kappa shape index (κ3) is 12.9. The molecule has 10 atom stereocenters. The number of hydrogen-bond donors (Lipinski definition) is 11. The van der Waals surface area contributed by atoms with Crippen LogP contribution in [0, 0.1) is 0 Å². The highest BCUT2D eigenvalue weighted by Gasteiger charge is 2.49. The summed E-state index contributed by atoms with van der Waals surface area (Å²) in [4.78, 5) is 153. The number of cyclic esters (lactones) is 2. The zero-order valence-electron chi connectivity index (χ0n) is 50.5. The smallest absolute Gasteiger partial charge is 0.358 e. The molecule has 38 heteroatoms. The quantitative estimate of drug-likeness (QED) is 0.0492. The van der Waals surface area contributed by atoms with E-state index in [2.05, 4.69) is 36.2 Å². The SMILES string of the molecule is CO/C(C)=C1/NC(=O)[C@H]([C@@H](C)O)NC(=O)c2csc(n2)-c2cc(O)c(-c3nc(C(=O)NC(=O)C(N)=O)cs3)nc2-c2csc(n2)[C@@H]2COC(=O)c3c4c5c(cccc5n3O)COC(=O)[C@@H](O[C@H]3C[C@](C)(O)[C@H](N)[C@H](C)O3)[C@@H](OC4)[C@H](NC(=O)c3csc1n3)c1nc(cs1)C(=O)N2. The molecule has 4 aliphatic heterocycles. The van der Waals surface area contributed by atoms with Gasteiger partial charge in [0.2, 0.25) is 5.91 Å². The van der Waals surface area contributed by atoms with E-state index in [0.717, 1.165) is 56.7 Å². The lowest BCUT2D eigenvalue weighted by Gasteiger charge is -2.44. The average molecular weight is 1410 g/mol. The fourth-order valence-electron chi connectivity index (χ4n) is 10.7. The van der Waals surface area contributed by atoms with E-state index in [1.807, 2.05) is 0 Å². The Balaban J connectivity index is 1.04. The number of aromatic nitrogens is 7. The number of esters is 2. The summed E-state index contributed by atoms with van der Waals surface area (Å²) in [7, 11) is 1.29. The molecule has 7 aromatic heterocycles. The number of pyridine rings is 1. The Morgan fingerprint density at radius 2 is 1.50 bits per heavy atom. The van der Waals surface area contributed by atoms with E-state index in [1.54, 1.807) is 18.3 Å². The van der Waals surface area contributed by atoms with Crippen molar-refractivity contribution in [2.45, 2.75) is 108 Å². The zero-order chi connectivity index (χ0) is 68.3. The van der Waals surface area contributed by atoms with Crippen LogP contribution < -0.4 is 38.1 Å². The van der Waals surface area contributed by atoms with Gasteiger partial charge in [-0.25, -0.2) is 39.5 Å². The number of hydrogen-bond acceptors (Lipinski definition) is 31. The molecule has 1 aromatic carbocycles. The maximum Gasteiger partial charge on any atom is 0.358 e. The first-order valence-electron chi connectivity index (χ1n) is 28.7. The Labute approximate surface area is 559 Å². The van der Waals surface area contributed by atoms with E-state index in [9.17, 15) is 58.9 Å². The number of fused-ring (bicyclic) bond motifs is 15. The highest BCUT2D eigenvalue weighted by molar-refractivity contribution is 7.14. The van der Waals surface area contributed by atoms with Crippen molar-refractivity contribution in [1.82, 2.24) is 61.2 Å². The van der Waals surface area contributed by atoms with Gasteiger partial charge in [0, 0.05) is 49.8 Å². The highest BCUT2D eigenvalue weighted by Crippen LogP contribution is 2.43. The van der Waals surface area contributed by atoms with Crippen molar-refractivity contribution < 1.29 is 92.1 Å². The summed E-state index contributed by atoms with van der Waals surface area (Å²) in [5.41, 5.74) is 7.86. The molecule has 0 radical (unpaired) electrons. The first kappa shape index (κ1) is 66.4. The number of nitrogens with one attached hydrogen (secondary N) is 5. The lowest BCUT2D eigenvalue weighted by molar-refractivity contribution is -0.269. The molecule has 500 valence electrons. The molecule has 12 bridgehead atoms. The van der Waals surface area contributed by atoms with Crippen molar-refractivity contribution in [3.05, 3.63) is 112 Å². The lowest BCUT2D eigenvalue weighted by Crippen LogP contribution is -2.61. The van der Waals surface area contributed by atoms with Gasteiger partial charge in [0.15, 0.2) is 18.1 Å². The van der Waals surface area contributed by atoms with Crippen LogP contribution in [0.25, 0.3) is 49.3 Å². The van der Waals surface area contributed by atoms with Gasteiger partial charge in [-0.2, -0.15) is 4.73 Å². The number of aliphatic hydroxyl groups excluding tert-OH is 1. The average Bonchev–Trinajstić information content (AvgIpc) is 1.62. The van der Waals surface area contributed by atoms with Crippen LogP contribution >= 0.6 is 56.7 Å². The molecular weight excluding hydrogens is 1360 g/mol. The van der Waals surface area contributed by atoms with Gasteiger partial charge in [-0.15, -0.1) is 56.7 Å². The van der Waals surface area contributed by atoms with Crippen molar-refractivity contribution in [1.29, 1.82) is 0 Å². The second kappa shape index (κ2) is 26.5. The number of ether oxygens (including phenoxy) is 6. The number of allylic oxidation sites excluding steroid dienone is 1. The third-order valence-electron chi connectivity index (χ3n) is 15.8. The summed E-state index contributed by atoms with van der Waals surface area (Å²) in [6.45, 7) is 3.87. The minimum absolute atomic E-state index is 0.00135. The number of thiazole rings is 5. The summed E-state index contributed by atoms with van der Waals surface area (Å²) in [5, 5.41) is 65.8. The van der Waals surface area contributed by atoms with Gasteiger partial charge in [-0.05, 0) is 45.4 Å². The van der Waals surface area contributed by atoms with Crippen molar-refractivity contribution in [3.8, 4) is 38.4 Å². The third-order valence-corrected chi connectivity index (χ3v) is 20.3. The number of nitrogens with zero attached hydrogens (tertiary/aromatic N) is 7. The number of carbonyl (C=O) groups is 9. The summed E-state index contributed by atoms with van der Waals surface area (Å²) >= 11 is 4.27. The molecule has 11 heterocycles. The van der Waals surface area contributed by atoms with E-state index >= 15 is 4.79 Å². The first-order chi connectivity index (χ1) is 45.8. The zero-order valence-corrected chi connectivity index (χ0v) is 54.5. The van der Waals surface area contributed by atoms with Gasteiger partial charge in [0.25, 0.3) is 23.6 Å². The molecular formula is C58H54N14O19S5. The number of nitrogens with two attached hydrogens (primary N) is 2. The van der Waals surface area contributed by atoms with Gasteiger partial charge >= 0.3 is 23.8 Å². The van der Waals surface area contributed by atoms with Crippen LogP contribution in [0.4, 0.5) is 0 Å². The highest BCUT2D eigenvalue weighted by atomic mass is 32.1. The number of aliphatic hydroxyl groups is 2. The van der Waals surface area contributed by atoms with Gasteiger partial charge in [0.1, 0.15) is 120 Å². The number of primary amides is 1. The molecule has 12 rings (SSSR count). The summed E-state index contributed by atoms with van der Waals surface area (Å²) < 4.78 is 37.6. The molecule has 33 nitrogen and oxygen atoms in total. The number of carbonyl (C=O) groups excluding carboxylic acids is 9. The summed E-state index contributed by atoms with van der Waals surface area (Å²) in [5.74, 6) is -10.6. The molecule has 0 aliphatic carbocycles. The molecule has 4 aliphatic rings. The maximum atomic E-state index is 15.1. The van der Waals surface area contributed by atoms with Crippen LogP contribution in [0.5, 0.6) is 5.75 Å². The Morgan fingerprint density at radius 3 is 2.23 bits per heavy atom. The standard InChI is InChI=1S/C58H54N14O19S5/c1-19(73)35-49(80)69-36(20(2)86-5)53-64-29(17-94-53)47(78)70-39-41-42(91-33-10-58(4,84)43(59)21(3)90-33)57(83)88-11-22-7-6-8-31-34(22)24(12-87-41)40(72(31)85)56(82)89-13-25(61-45(76)27-16-96-55(39)66-27)52-62-26(14-93-52)37-23(51-63-28(15-92-51)46(77)68-35)9-32(74)38(67-37)54-65-30(18-95-54)48(79)71-50(81)44(60)75/h6-9,14-19,21,25,33,35,39,41-43,73-74,84-85H,10-13,59H2,1-5H3,(H2,60,75)(H,61,76)(H,68,77)(H,69,80)(H,70,78)(H,71,79,81)/b36-20+/t19-,21+,25+,33+,35+,39+,41+,42+,43-,58+/m1/s1. The van der Waals surface area contributed by atoms with E-state index in [0.29, 0.717) is 4.73 Å². The number of imide groups is 1. The molecule has 1 saturated heterocycles. The van der Waals surface area contributed by atoms with Crippen LogP contribution in [0.15, 0.2) is 56.9 Å². The number of rotatable bonds is 6. The topological polar surface area (TPSA) is 484 Å². The van der Waals surface area contributed by atoms with Crippen molar-refractivity contribution in [3.63, 3.8) is 0 Å². The second-order valence-corrected chi connectivity index (χ2v) is 26.6. The lowest BCUT2D eigenvalue weighted by atomic mass is 9.87. The molecule has 13 N–H and O–H groups in total. The molecule has 1 fully saturated rings. The maximum absolute atomic E-state index is 15.1. The largest absolute Gasteiger partial charge is 0.506 e. The number of amides is 7. The number of benzene rings is 1.